The minimum Gasteiger partial charge on any atom is -0.496 e. The molecule has 0 N–H and O–H groups in total. The Bertz CT molecular complexity index is 409. The summed E-state index contributed by atoms with van der Waals surface area (Å²) in [4.78, 5) is 14.1. The number of nitrogens with zero attached hydrogens (tertiary/aromatic N) is 1. The Kier molecular flexibility index (Phi) is 5.85. The van der Waals surface area contributed by atoms with E-state index in [0.29, 0.717) is 6.61 Å². The molecule has 4 nitrogen and oxygen atoms in total. The van der Waals surface area contributed by atoms with Crippen LogP contribution in [-0.2, 0) is 4.74 Å². The van der Waals surface area contributed by atoms with Gasteiger partial charge in [0.15, 0.2) is 0 Å². The maximum absolute atomic E-state index is 11.6. The number of hydrogen-bond donors (Lipinski definition) is 0. The number of carbonyl (C=O) groups is 1. The molecule has 1 aromatic rings. The quantitative estimate of drug-likeness (QED) is 0.768. The predicted octanol–water partition coefficient (Wildman–Crippen LogP) is 3.40. The van der Waals surface area contributed by atoms with Gasteiger partial charge in [0.25, 0.3) is 0 Å². The van der Waals surface area contributed by atoms with Gasteiger partial charge < -0.3 is 9.47 Å². The molecule has 100 valence electrons. The molecule has 1 amide bonds. The smallest absolute Gasteiger partial charge is 0.413 e. The van der Waals surface area contributed by atoms with Crippen molar-refractivity contribution in [3.05, 3.63) is 18.2 Å². The summed E-state index contributed by atoms with van der Waals surface area (Å²) >= 11 is 1.68. The van der Waals surface area contributed by atoms with E-state index in [9.17, 15) is 4.79 Å². The van der Waals surface area contributed by atoms with E-state index >= 15 is 0 Å². The van der Waals surface area contributed by atoms with Crippen molar-refractivity contribution in [3.8, 4) is 5.75 Å². The van der Waals surface area contributed by atoms with Gasteiger partial charge in [-0.2, -0.15) is 0 Å². The molecule has 0 aliphatic rings. The zero-order chi connectivity index (χ0) is 13.5. The lowest BCUT2D eigenvalue weighted by molar-refractivity contribution is 0.161. The summed E-state index contributed by atoms with van der Waals surface area (Å²) in [5.41, 5.74) is 0.796. The molecule has 18 heavy (non-hydrogen) atoms. The Morgan fingerprint density at radius 3 is 2.67 bits per heavy atom. The van der Waals surface area contributed by atoms with Gasteiger partial charge in [-0.1, -0.05) is 6.92 Å². The van der Waals surface area contributed by atoms with Crippen LogP contribution in [0.25, 0.3) is 0 Å². The summed E-state index contributed by atoms with van der Waals surface area (Å²) in [5, 5.41) is 0. The summed E-state index contributed by atoms with van der Waals surface area (Å²) < 4.78 is 10.2. The number of thioether (sulfide) groups is 1. The molecule has 0 aliphatic heterocycles. The molecule has 0 spiro atoms. The number of benzene rings is 1. The van der Waals surface area contributed by atoms with Gasteiger partial charge in [0.05, 0.1) is 18.6 Å². The molecule has 1 aromatic carbocycles. The van der Waals surface area contributed by atoms with Crippen LogP contribution in [0, 0.1) is 0 Å². The lowest BCUT2D eigenvalue weighted by Gasteiger charge is -2.18. The second-order valence-electron chi connectivity index (χ2n) is 3.53. The van der Waals surface area contributed by atoms with E-state index in [2.05, 4.69) is 6.92 Å². The molecule has 0 saturated heterocycles. The first-order valence-corrected chi connectivity index (χ1v) is 6.83. The second-order valence-corrected chi connectivity index (χ2v) is 4.83. The van der Waals surface area contributed by atoms with Crippen molar-refractivity contribution >= 4 is 23.5 Å². The Morgan fingerprint density at radius 2 is 2.11 bits per heavy atom. The van der Waals surface area contributed by atoms with E-state index in [1.54, 1.807) is 32.8 Å². The fraction of sp³-hybridized carbons (Fsp3) is 0.462. The van der Waals surface area contributed by atoms with Crippen molar-refractivity contribution in [1.82, 2.24) is 0 Å². The Morgan fingerprint density at radius 1 is 1.39 bits per heavy atom. The highest BCUT2D eigenvalue weighted by atomic mass is 32.2. The van der Waals surface area contributed by atoms with E-state index in [1.807, 2.05) is 18.2 Å². The van der Waals surface area contributed by atoms with Gasteiger partial charge in [-0.25, -0.2) is 4.79 Å². The third-order valence-electron chi connectivity index (χ3n) is 2.38. The number of rotatable bonds is 5. The first-order chi connectivity index (χ1) is 8.63. The molecule has 0 aromatic heterocycles. The fourth-order valence-electron chi connectivity index (χ4n) is 1.47. The van der Waals surface area contributed by atoms with Crippen LogP contribution in [-0.4, -0.2) is 32.6 Å². The molecule has 0 fully saturated rings. The van der Waals surface area contributed by atoms with Crippen LogP contribution in [0.4, 0.5) is 10.5 Å². The third kappa shape index (κ3) is 3.57. The number of methoxy groups -OCH3 is 1. The van der Waals surface area contributed by atoms with E-state index in [1.165, 1.54) is 4.90 Å². The summed E-state index contributed by atoms with van der Waals surface area (Å²) in [6.45, 7) is 4.24. The third-order valence-corrected chi connectivity index (χ3v) is 3.29. The zero-order valence-corrected chi connectivity index (χ0v) is 12.0. The van der Waals surface area contributed by atoms with Gasteiger partial charge >= 0.3 is 6.09 Å². The largest absolute Gasteiger partial charge is 0.496 e. The van der Waals surface area contributed by atoms with Crippen molar-refractivity contribution < 1.29 is 14.3 Å². The van der Waals surface area contributed by atoms with Crippen molar-refractivity contribution in [1.29, 1.82) is 0 Å². The minimum atomic E-state index is -0.352. The maximum atomic E-state index is 11.6. The molecule has 0 aliphatic carbocycles. The second kappa shape index (κ2) is 7.16. The lowest BCUT2D eigenvalue weighted by atomic mass is 10.3. The molecule has 0 radical (unpaired) electrons. The topological polar surface area (TPSA) is 38.8 Å². The summed E-state index contributed by atoms with van der Waals surface area (Å²) in [5.74, 6) is 1.77. The van der Waals surface area contributed by atoms with Gasteiger partial charge in [-0.3, -0.25) is 4.90 Å². The van der Waals surface area contributed by atoms with Gasteiger partial charge in [0, 0.05) is 12.7 Å². The highest BCUT2D eigenvalue weighted by molar-refractivity contribution is 7.99. The van der Waals surface area contributed by atoms with E-state index in [-0.39, 0.29) is 6.09 Å². The van der Waals surface area contributed by atoms with Crippen LogP contribution in [0.2, 0.25) is 0 Å². The van der Waals surface area contributed by atoms with Gasteiger partial charge in [0.2, 0.25) is 0 Å². The monoisotopic (exact) mass is 269 g/mol. The maximum Gasteiger partial charge on any atom is 0.413 e. The Labute approximate surface area is 112 Å². The number of ether oxygens (including phenoxy) is 2. The summed E-state index contributed by atoms with van der Waals surface area (Å²) in [7, 11) is 3.34. The highest BCUT2D eigenvalue weighted by Gasteiger charge is 2.13. The number of carbonyl (C=O) groups excluding carboxylic acids is 1. The van der Waals surface area contributed by atoms with Crippen LogP contribution in [0.5, 0.6) is 5.75 Å². The highest BCUT2D eigenvalue weighted by Crippen LogP contribution is 2.32. The van der Waals surface area contributed by atoms with Crippen LogP contribution in [0.3, 0.4) is 0 Å². The van der Waals surface area contributed by atoms with Gasteiger partial charge in [0.1, 0.15) is 5.75 Å². The molecule has 0 heterocycles. The van der Waals surface area contributed by atoms with Gasteiger partial charge in [-0.05, 0) is 30.9 Å². The Balaban J connectivity index is 2.96. The van der Waals surface area contributed by atoms with Gasteiger partial charge in [-0.15, -0.1) is 11.8 Å². The molecule has 0 saturated carbocycles. The van der Waals surface area contributed by atoms with Crippen LogP contribution < -0.4 is 9.64 Å². The normalized spacial score (nSPS) is 10.0. The molecular formula is C13H19NO3S. The van der Waals surface area contributed by atoms with Crippen molar-refractivity contribution in [2.24, 2.45) is 0 Å². The average molecular weight is 269 g/mol. The molecule has 5 heteroatoms. The summed E-state index contributed by atoms with van der Waals surface area (Å²) in [6, 6.07) is 5.64. The Hall–Kier alpha value is -1.36. The molecule has 1 rings (SSSR count). The standard InChI is InChI=1S/C13H19NO3S/c1-5-17-13(15)14(3)10-7-8-11(16-4)12(9-10)18-6-2/h7-9H,5-6H2,1-4H3. The molecule has 0 unspecified atom stereocenters. The molecule has 0 atom stereocenters. The SMILES string of the molecule is CCOC(=O)N(C)c1ccc(OC)c(SCC)c1. The average Bonchev–Trinajstić information content (AvgIpc) is 2.38. The molecule has 0 bridgehead atoms. The molecular weight excluding hydrogens is 250 g/mol. The fourth-order valence-corrected chi connectivity index (χ4v) is 2.28. The van der Waals surface area contributed by atoms with Crippen molar-refractivity contribution in [2.45, 2.75) is 18.7 Å². The summed E-state index contributed by atoms with van der Waals surface area (Å²) in [6.07, 6.45) is -0.352. The number of hydrogen-bond acceptors (Lipinski definition) is 4. The minimum absolute atomic E-state index is 0.352. The first-order valence-electron chi connectivity index (χ1n) is 5.85. The van der Waals surface area contributed by atoms with E-state index in [0.717, 1.165) is 22.1 Å². The van der Waals surface area contributed by atoms with E-state index < -0.39 is 0 Å². The number of amides is 1. The van der Waals surface area contributed by atoms with Crippen molar-refractivity contribution in [2.75, 3.05) is 31.4 Å². The van der Waals surface area contributed by atoms with Crippen LogP contribution in [0.1, 0.15) is 13.8 Å². The lowest BCUT2D eigenvalue weighted by Crippen LogP contribution is -2.26. The van der Waals surface area contributed by atoms with Crippen LogP contribution >= 0.6 is 11.8 Å². The van der Waals surface area contributed by atoms with Crippen molar-refractivity contribution in [3.63, 3.8) is 0 Å². The van der Waals surface area contributed by atoms with Crippen LogP contribution in [0.15, 0.2) is 23.1 Å². The van der Waals surface area contributed by atoms with E-state index in [4.69, 9.17) is 9.47 Å². The zero-order valence-electron chi connectivity index (χ0n) is 11.2. The predicted molar refractivity (Wildman–Crippen MR) is 74.8 cm³/mol. The number of anilines is 1. The first kappa shape index (κ1) is 14.7.